The van der Waals surface area contributed by atoms with E-state index < -0.39 is 0 Å². The van der Waals surface area contributed by atoms with Crippen molar-refractivity contribution < 1.29 is 0 Å². The first-order chi connectivity index (χ1) is 7.65. The van der Waals surface area contributed by atoms with Gasteiger partial charge in [-0.05, 0) is 37.2 Å². The third-order valence-electron chi connectivity index (χ3n) is 2.28. The summed E-state index contributed by atoms with van der Waals surface area (Å²) >= 11 is 11.3. The van der Waals surface area contributed by atoms with Crippen molar-refractivity contribution in [2.45, 2.75) is 26.7 Å². The highest BCUT2D eigenvalue weighted by molar-refractivity contribution is 7.80. The summed E-state index contributed by atoms with van der Waals surface area (Å²) in [5.41, 5.74) is 1.98. The zero-order valence-corrected chi connectivity index (χ0v) is 11.2. The van der Waals surface area contributed by atoms with Gasteiger partial charge < -0.3 is 10.6 Å². The Labute approximate surface area is 107 Å². The third-order valence-corrected chi connectivity index (χ3v) is 2.84. The summed E-state index contributed by atoms with van der Waals surface area (Å²) in [6, 6.07) is 5.78. The topological polar surface area (TPSA) is 24.1 Å². The second kappa shape index (κ2) is 6.71. The van der Waals surface area contributed by atoms with Crippen LogP contribution in [0, 0.1) is 6.92 Å². The lowest BCUT2D eigenvalue weighted by molar-refractivity contribution is 0.758. The minimum absolute atomic E-state index is 0.629. The Balaban J connectivity index is 2.56. The molecule has 0 amide bonds. The summed E-state index contributed by atoms with van der Waals surface area (Å²) in [7, 11) is 0. The van der Waals surface area contributed by atoms with Crippen LogP contribution in [0.5, 0.6) is 0 Å². The van der Waals surface area contributed by atoms with Crippen LogP contribution in [0.3, 0.4) is 0 Å². The molecule has 0 aliphatic carbocycles. The number of rotatable bonds is 4. The van der Waals surface area contributed by atoms with E-state index in [1.807, 2.05) is 25.1 Å². The van der Waals surface area contributed by atoms with Crippen molar-refractivity contribution >= 4 is 34.6 Å². The molecular formula is C12H17ClN2S. The van der Waals surface area contributed by atoms with Gasteiger partial charge in [0.05, 0.1) is 10.7 Å². The maximum atomic E-state index is 6.09. The lowest BCUT2D eigenvalue weighted by atomic mass is 10.2. The van der Waals surface area contributed by atoms with Gasteiger partial charge in [-0.3, -0.25) is 0 Å². The molecule has 0 bridgehead atoms. The highest BCUT2D eigenvalue weighted by Crippen LogP contribution is 2.24. The Morgan fingerprint density at radius 1 is 1.44 bits per heavy atom. The van der Waals surface area contributed by atoms with Gasteiger partial charge in [-0.2, -0.15) is 0 Å². The summed E-state index contributed by atoms with van der Waals surface area (Å²) in [4.78, 5) is 0. The molecule has 0 aromatic heterocycles. The molecule has 1 rings (SSSR count). The standard InChI is InChI=1S/C12H17ClN2S/c1-3-4-8-14-12(16)15-11-9(2)6-5-7-10(11)13/h5-7H,3-4,8H2,1-2H3,(H2,14,15,16). The minimum Gasteiger partial charge on any atom is -0.362 e. The van der Waals surface area contributed by atoms with E-state index in [1.165, 1.54) is 0 Å². The van der Waals surface area contributed by atoms with Gasteiger partial charge in [-0.15, -0.1) is 0 Å². The number of hydrogen-bond acceptors (Lipinski definition) is 1. The van der Waals surface area contributed by atoms with Gasteiger partial charge in [0.15, 0.2) is 5.11 Å². The molecule has 0 fully saturated rings. The zero-order chi connectivity index (χ0) is 12.0. The fourth-order valence-corrected chi connectivity index (χ4v) is 1.80. The summed E-state index contributed by atoms with van der Waals surface area (Å²) in [6.45, 7) is 5.05. The molecule has 0 heterocycles. The van der Waals surface area contributed by atoms with E-state index in [9.17, 15) is 0 Å². The number of unbranched alkanes of at least 4 members (excludes halogenated alkanes) is 1. The molecule has 2 nitrogen and oxygen atoms in total. The van der Waals surface area contributed by atoms with Gasteiger partial charge in [0.1, 0.15) is 0 Å². The second-order valence-electron chi connectivity index (χ2n) is 3.67. The quantitative estimate of drug-likeness (QED) is 0.634. The lowest BCUT2D eigenvalue weighted by Gasteiger charge is -2.13. The Bertz CT molecular complexity index is 346. The fraction of sp³-hybridized carbons (Fsp3) is 0.417. The van der Waals surface area contributed by atoms with Crippen LogP contribution < -0.4 is 10.6 Å². The molecule has 2 N–H and O–H groups in total. The molecule has 16 heavy (non-hydrogen) atoms. The largest absolute Gasteiger partial charge is 0.362 e. The summed E-state index contributed by atoms with van der Waals surface area (Å²) in [5, 5.41) is 7.60. The highest BCUT2D eigenvalue weighted by atomic mass is 35.5. The van der Waals surface area contributed by atoms with Crippen molar-refractivity contribution in [1.29, 1.82) is 0 Å². The Kier molecular flexibility index (Phi) is 5.56. The number of benzene rings is 1. The van der Waals surface area contributed by atoms with Crippen LogP contribution in [0.15, 0.2) is 18.2 Å². The van der Waals surface area contributed by atoms with Crippen molar-refractivity contribution in [3.05, 3.63) is 28.8 Å². The fourth-order valence-electron chi connectivity index (χ4n) is 1.33. The first-order valence-corrected chi connectivity index (χ1v) is 6.23. The molecule has 0 aliphatic heterocycles. The lowest BCUT2D eigenvalue weighted by Crippen LogP contribution is -2.29. The highest BCUT2D eigenvalue weighted by Gasteiger charge is 2.04. The first-order valence-electron chi connectivity index (χ1n) is 5.45. The van der Waals surface area contributed by atoms with E-state index in [1.54, 1.807) is 0 Å². The van der Waals surface area contributed by atoms with Crippen LogP contribution in [-0.2, 0) is 0 Å². The predicted molar refractivity (Wildman–Crippen MR) is 75.3 cm³/mol. The third kappa shape index (κ3) is 3.99. The molecule has 1 aromatic rings. The van der Waals surface area contributed by atoms with Gasteiger partial charge in [0.2, 0.25) is 0 Å². The van der Waals surface area contributed by atoms with Crippen LogP contribution in [-0.4, -0.2) is 11.7 Å². The molecule has 0 radical (unpaired) electrons. The van der Waals surface area contributed by atoms with Crippen LogP contribution in [0.4, 0.5) is 5.69 Å². The summed E-state index contributed by atoms with van der Waals surface area (Å²) < 4.78 is 0. The van der Waals surface area contributed by atoms with E-state index in [0.29, 0.717) is 10.1 Å². The monoisotopic (exact) mass is 256 g/mol. The number of aryl methyl sites for hydroxylation is 1. The van der Waals surface area contributed by atoms with Crippen LogP contribution in [0.2, 0.25) is 5.02 Å². The van der Waals surface area contributed by atoms with Crippen LogP contribution >= 0.6 is 23.8 Å². The van der Waals surface area contributed by atoms with E-state index in [4.69, 9.17) is 23.8 Å². The number of thiocarbonyl (C=S) groups is 1. The van der Waals surface area contributed by atoms with Crippen molar-refractivity contribution in [1.82, 2.24) is 5.32 Å². The molecule has 88 valence electrons. The Morgan fingerprint density at radius 2 is 2.19 bits per heavy atom. The van der Waals surface area contributed by atoms with Crippen molar-refractivity contribution in [2.75, 3.05) is 11.9 Å². The first kappa shape index (κ1) is 13.3. The van der Waals surface area contributed by atoms with E-state index in [0.717, 1.165) is 30.6 Å². The minimum atomic E-state index is 0.629. The number of anilines is 1. The van der Waals surface area contributed by atoms with Crippen LogP contribution in [0.25, 0.3) is 0 Å². The predicted octanol–water partition coefficient (Wildman–Crippen LogP) is 3.73. The molecule has 0 spiro atoms. The molecule has 1 aromatic carbocycles. The van der Waals surface area contributed by atoms with Crippen molar-refractivity contribution in [3.63, 3.8) is 0 Å². The van der Waals surface area contributed by atoms with Gasteiger partial charge >= 0.3 is 0 Å². The average molecular weight is 257 g/mol. The van der Waals surface area contributed by atoms with E-state index in [2.05, 4.69) is 17.6 Å². The summed E-state index contributed by atoms with van der Waals surface area (Å²) in [6.07, 6.45) is 2.27. The van der Waals surface area contributed by atoms with Gasteiger partial charge in [0, 0.05) is 6.54 Å². The van der Waals surface area contributed by atoms with Crippen molar-refractivity contribution in [2.24, 2.45) is 0 Å². The van der Waals surface area contributed by atoms with Crippen LogP contribution in [0.1, 0.15) is 25.3 Å². The SMILES string of the molecule is CCCCNC(=S)Nc1c(C)cccc1Cl. The number of hydrogen-bond donors (Lipinski definition) is 2. The van der Waals surface area contributed by atoms with Gasteiger partial charge in [-0.25, -0.2) is 0 Å². The van der Waals surface area contributed by atoms with E-state index in [-0.39, 0.29) is 0 Å². The maximum absolute atomic E-state index is 6.09. The number of para-hydroxylation sites is 1. The zero-order valence-electron chi connectivity index (χ0n) is 9.64. The summed E-state index contributed by atoms with van der Waals surface area (Å²) in [5.74, 6) is 0. The average Bonchev–Trinajstić information content (AvgIpc) is 2.24. The molecule has 4 heteroatoms. The number of nitrogens with one attached hydrogen (secondary N) is 2. The molecule has 0 unspecified atom stereocenters. The Hall–Kier alpha value is -0.800. The molecule has 0 atom stereocenters. The van der Waals surface area contributed by atoms with Gasteiger partial charge in [-0.1, -0.05) is 37.1 Å². The Morgan fingerprint density at radius 3 is 2.81 bits per heavy atom. The molecule has 0 saturated carbocycles. The van der Waals surface area contributed by atoms with Crippen molar-refractivity contribution in [3.8, 4) is 0 Å². The molecule has 0 saturated heterocycles. The van der Waals surface area contributed by atoms with E-state index >= 15 is 0 Å². The molecular weight excluding hydrogens is 240 g/mol. The number of halogens is 1. The van der Waals surface area contributed by atoms with Gasteiger partial charge in [0.25, 0.3) is 0 Å². The maximum Gasteiger partial charge on any atom is 0.170 e. The second-order valence-corrected chi connectivity index (χ2v) is 4.48. The normalized spacial score (nSPS) is 9.94. The smallest absolute Gasteiger partial charge is 0.170 e. The molecule has 0 aliphatic rings.